The van der Waals surface area contributed by atoms with Gasteiger partial charge >= 0.3 is 0 Å². The minimum absolute atomic E-state index is 0.156. The Balaban J connectivity index is 1.83. The molecule has 2 aliphatic heterocycles. The van der Waals surface area contributed by atoms with Gasteiger partial charge in [-0.15, -0.1) is 0 Å². The van der Waals surface area contributed by atoms with Gasteiger partial charge in [-0.3, -0.25) is 0 Å². The van der Waals surface area contributed by atoms with Gasteiger partial charge in [-0.25, -0.2) is 0 Å². The first-order valence-corrected chi connectivity index (χ1v) is 7.71. The standard InChI is InChI=1S/C18H19NO4/c1-10-8-19-13-7-17-16(22-9-23-17)6-12(13)18(10)11-3-4-14(20)15(5-11)21-2/h3-7,10,18-20H,8-9H2,1-2H3. The second kappa shape index (κ2) is 5.26. The summed E-state index contributed by atoms with van der Waals surface area (Å²) in [5.74, 6) is 2.83. The first-order chi connectivity index (χ1) is 11.2. The van der Waals surface area contributed by atoms with Gasteiger partial charge in [0.15, 0.2) is 23.0 Å². The monoisotopic (exact) mass is 313 g/mol. The van der Waals surface area contributed by atoms with Gasteiger partial charge in [0.05, 0.1) is 7.11 Å². The molecule has 0 spiro atoms. The van der Waals surface area contributed by atoms with Crippen molar-refractivity contribution in [1.29, 1.82) is 0 Å². The Bertz CT molecular complexity index is 759. The van der Waals surface area contributed by atoms with Crippen molar-refractivity contribution in [2.75, 3.05) is 25.8 Å². The van der Waals surface area contributed by atoms with E-state index in [0.29, 0.717) is 11.7 Å². The molecule has 5 nitrogen and oxygen atoms in total. The molecule has 0 fully saturated rings. The highest BCUT2D eigenvalue weighted by Crippen LogP contribution is 2.47. The molecule has 0 radical (unpaired) electrons. The van der Waals surface area contributed by atoms with E-state index in [-0.39, 0.29) is 18.5 Å². The van der Waals surface area contributed by atoms with Crippen LogP contribution in [0.5, 0.6) is 23.0 Å². The molecule has 0 bridgehead atoms. The van der Waals surface area contributed by atoms with Crippen molar-refractivity contribution in [3.63, 3.8) is 0 Å². The average Bonchev–Trinajstić information content (AvgIpc) is 3.01. The summed E-state index contributed by atoms with van der Waals surface area (Å²) in [5.41, 5.74) is 3.37. The van der Waals surface area contributed by atoms with Crippen molar-refractivity contribution >= 4 is 5.69 Å². The minimum atomic E-state index is 0.156. The van der Waals surface area contributed by atoms with Gasteiger partial charge < -0.3 is 24.6 Å². The lowest BCUT2D eigenvalue weighted by molar-refractivity contribution is 0.174. The van der Waals surface area contributed by atoms with Crippen LogP contribution >= 0.6 is 0 Å². The van der Waals surface area contributed by atoms with Crippen LogP contribution in [0.2, 0.25) is 0 Å². The fourth-order valence-electron chi connectivity index (χ4n) is 3.46. The molecule has 4 rings (SSSR count). The Morgan fingerprint density at radius 1 is 1.17 bits per heavy atom. The summed E-state index contributed by atoms with van der Waals surface area (Å²) in [6.45, 7) is 3.36. The predicted molar refractivity (Wildman–Crippen MR) is 86.7 cm³/mol. The summed E-state index contributed by atoms with van der Waals surface area (Å²) in [5, 5.41) is 13.3. The third kappa shape index (κ3) is 2.23. The lowest BCUT2D eigenvalue weighted by Crippen LogP contribution is -2.26. The number of anilines is 1. The van der Waals surface area contributed by atoms with E-state index >= 15 is 0 Å². The van der Waals surface area contributed by atoms with E-state index in [4.69, 9.17) is 14.2 Å². The normalized spacial score (nSPS) is 21.5. The smallest absolute Gasteiger partial charge is 0.231 e. The number of benzene rings is 2. The number of hydrogen-bond donors (Lipinski definition) is 2. The van der Waals surface area contributed by atoms with Crippen LogP contribution in [0.3, 0.4) is 0 Å². The molecule has 2 aromatic rings. The highest BCUT2D eigenvalue weighted by molar-refractivity contribution is 5.65. The van der Waals surface area contributed by atoms with Crippen LogP contribution in [-0.2, 0) is 0 Å². The fourth-order valence-corrected chi connectivity index (χ4v) is 3.46. The van der Waals surface area contributed by atoms with Gasteiger partial charge in [-0.2, -0.15) is 0 Å². The Labute approximate surface area is 134 Å². The maximum atomic E-state index is 9.85. The van der Waals surface area contributed by atoms with E-state index in [9.17, 15) is 5.11 Å². The summed E-state index contributed by atoms with van der Waals surface area (Å²) >= 11 is 0. The zero-order valence-electron chi connectivity index (χ0n) is 13.1. The molecule has 2 N–H and O–H groups in total. The summed E-state index contributed by atoms with van der Waals surface area (Å²) in [4.78, 5) is 0. The van der Waals surface area contributed by atoms with Crippen molar-refractivity contribution in [3.8, 4) is 23.0 Å². The molecule has 0 amide bonds. The quantitative estimate of drug-likeness (QED) is 0.890. The van der Waals surface area contributed by atoms with Crippen LogP contribution in [-0.4, -0.2) is 25.6 Å². The molecule has 0 saturated carbocycles. The Morgan fingerprint density at radius 3 is 2.74 bits per heavy atom. The van der Waals surface area contributed by atoms with Crippen LogP contribution < -0.4 is 19.5 Å². The molecule has 2 aromatic carbocycles. The summed E-state index contributed by atoms with van der Waals surface area (Å²) in [6, 6.07) is 9.63. The van der Waals surface area contributed by atoms with Gasteiger partial charge in [-0.1, -0.05) is 13.0 Å². The lowest BCUT2D eigenvalue weighted by Gasteiger charge is -2.33. The molecule has 2 heterocycles. The molecular formula is C18H19NO4. The third-order valence-corrected chi connectivity index (χ3v) is 4.63. The van der Waals surface area contributed by atoms with Crippen LogP contribution in [0.4, 0.5) is 5.69 Å². The molecule has 23 heavy (non-hydrogen) atoms. The SMILES string of the molecule is COc1cc(C2c3cc4c(cc3NCC2C)OCO4)ccc1O. The third-order valence-electron chi connectivity index (χ3n) is 4.63. The number of nitrogens with one attached hydrogen (secondary N) is 1. The van der Waals surface area contributed by atoms with Gasteiger partial charge in [0.25, 0.3) is 0 Å². The number of hydrogen-bond acceptors (Lipinski definition) is 5. The number of phenols is 1. The highest BCUT2D eigenvalue weighted by Gasteiger charge is 2.31. The Kier molecular flexibility index (Phi) is 3.22. The van der Waals surface area contributed by atoms with E-state index < -0.39 is 0 Å². The number of phenolic OH excluding ortho intramolecular Hbond substituents is 1. The van der Waals surface area contributed by atoms with E-state index in [0.717, 1.165) is 29.3 Å². The van der Waals surface area contributed by atoms with Crippen molar-refractivity contribution in [2.45, 2.75) is 12.8 Å². The maximum Gasteiger partial charge on any atom is 0.231 e. The Hall–Kier alpha value is -2.56. The molecule has 2 unspecified atom stereocenters. The zero-order chi connectivity index (χ0) is 16.0. The van der Waals surface area contributed by atoms with Gasteiger partial charge in [0.1, 0.15) is 0 Å². The predicted octanol–water partition coefficient (Wildman–Crippen LogP) is 3.32. The molecule has 2 aliphatic rings. The molecular weight excluding hydrogens is 294 g/mol. The molecule has 0 aromatic heterocycles. The van der Waals surface area contributed by atoms with Crippen LogP contribution in [0, 0.1) is 5.92 Å². The molecule has 2 atom stereocenters. The molecule has 0 aliphatic carbocycles. The van der Waals surface area contributed by atoms with Gasteiger partial charge in [0, 0.05) is 24.2 Å². The van der Waals surface area contributed by atoms with Gasteiger partial charge in [0.2, 0.25) is 6.79 Å². The zero-order valence-corrected chi connectivity index (χ0v) is 13.1. The lowest BCUT2D eigenvalue weighted by atomic mass is 9.78. The van der Waals surface area contributed by atoms with E-state index in [1.807, 2.05) is 18.2 Å². The summed E-state index contributed by atoms with van der Waals surface area (Å²) in [7, 11) is 1.57. The van der Waals surface area contributed by atoms with Crippen LogP contribution in [0.15, 0.2) is 30.3 Å². The maximum absolute atomic E-state index is 9.85. The van der Waals surface area contributed by atoms with Gasteiger partial charge in [-0.05, 0) is 35.2 Å². The van der Waals surface area contributed by atoms with Crippen molar-refractivity contribution in [1.82, 2.24) is 0 Å². The topological polar surface area (TPSA) is 60.0 Å². The molecule has 120 valence electrons. The number of fused-ring (bicyclic) bond motifs is 2. The number of ether oxygens (including phenoxy) is 3. The Morgan fingerprint density at radius 2 is 1.96 bits per heavy atom. The fraction of sp³-hybridized carbons (Fsp3) is 0.333. The second-order valence-corrected chi connectivity index (χ2v) is 6.06. The summed E-state index contributed by atoms with van der Waals surface area (Å²) in [6.07, 6.45) is 0. The summed E-state index contributed by atoms with van der Waals surface area (Å²) < 4.78 is 16.3. The number of methoxy groups -OCH3 is 1. The average molecular weight is 313 g/mol. The van der Waals surface area contributed by atoms with Crippen LogP contribution in [0.1, 0.15) is 24.0 Å². The number of rotatable bonds is 2. The largest absolute Gasteiger partial charge is 0.504 e. The van der Waals surface area contributed by atoms with E-state index in [2.05, 4.69) is 18.3 Å². The first-order valence-electron chi connectivity index (χ1n) is 7.71. The minimum Gasteiger partial charge on any atom is -0.504 e. The van der Waals surface area contributed by atoms with Crippen molar-refractivity contribution in [2.24, 2.45) is 5.92 Å². The second-order valence-electron chi connectivity index (χ2n) is 6.06. The van der Waals surface area contributed by atoms with E-state index in [1.54, 1.807) is 13.2 Å². The number of aromatic hydroxyl groups is 1. The van der Waals surface area contributed by atoms with Crippen LogP contribution in [0.25, 0.3) is 0 Å². The van der Waals surface area contributed by atoms with Crippen molar-refractivity contribution < 1.29 is 19.3 Å². The molecule has 0 saturated heterocycles. The van der Waals surface area contributed by atoms with E-state index in [1.165, 1.54) is 5.56 Å². The van der Waals surface area contributed by atoms with Crippen molar-refractivity contribution in [3.05, 3.63) is 41.5 Å². The first kappa shape index (κ1) is 14.1. The molecule has 5 heteroatoms. The highest BCUT2D eigenvalue weighted by atomic mass is 16.7.